The summed E-state index contributed by atoms with van der Waals surface area (Å²) in [5.41, 5.74) is 2.98. The molecule has 3 rings (SSSR count). The molecule has 0 unspecified atom stereocenters. The molecule has 0 atom stereocenters. The summed E-state index contributed by atoms with van der Waals surface area (Å²) < 4.78 is 0. The van der Waals surface area contributed by atoms with Gasteiger partial charge in [-0.1, -0.05) is 12.1 Å². The lowest BCUT2D eigenvalue weighted by Crippen LogP contribution is -2.30. The highest BCUT2D eigenvalue weighted by Gasteiger charge is 2.24. The molecule has 1 aliphatic rings. The number of amides is 3. The zero-order chi connectivity index (χ0) is 19.4. The molecule has 0 radical (unpaired) electrons. The van der Waals surface area contributed by atoms with Crippen LogP contribution in [0.15, 0.2) is 36.5 Å². The highest BCUT2D eigenvalue weighted by Crippen LogP contribution is 2.21. The number of nitrogens with zero attached hydrogens (tertiary/aromatic N) is 2. The zero-order valence-corrected chi connectivity index (χ0v) is 15.9. The van der Waals surface area contributed by atoms with Crippen LogP contribution in [0.2, 0.25) is 0 Å². The first-order valence-corrected chi connectivity index (χ1v) is 9.01. The van der Waals surface area contributed by atoms with E-state index in [0.717, 1.165) is 29.8 Å². The van der Waals surface area contributed by atoms with Gasteiger partial charge < -0.3 is 20.9 Å². The Labute approximate surface area is 159 Å². The molecule has 7 nitrogen and oxygen atoms in total. The second-order valence-corrected chi connectivity index (χ2v) is 6.97. The van der Waals surface area contributed by atoms with E-state index in [9.17, 15) is 9.59 Å². The molecular formula is C20H25N5O2. The number of nitrogens with one attached hydrogen (secondary N) is 3. The van der Waals surface area contributed by atoms with Crippen molar-refractivity contribution in [2.45, 2.75) is 32.4 Å². The van der Waals surface area contributed by atoms with Gasteiger partial charge >= 0.3 is 6.03 Å². The van der Waals surface area contributed by atoms with Crippen LogP contribution in [0.3, 0.4) is 0 Å². The third-order valence-corrected chi connectivity index (χ3v) is 4.39. The van der Waals surface area contributed by atoms with Crippen molar-refractivity contribution in [2.75, 3.05) is 24.3 Å². The largest absolute Gasteiger partial charge is 0.362 e. The summed E-state index contributed by atoms with van der Waals surface area (Å²) in [7, 11) is 3.82. The molecule has 2 aromatic rings. The van der Waals surface area contributed by atoms with E-state index in [-0.39, 0.29) is 11.9 Å². The smallest absolute Gasteiger partial charge is 0.319 e. The quantitative estimate of drug-likeness (QED) is 0.733. The minimum Gasteiger partial charge on any atom is -0.362 e. The van der Waals surface area contributed by atoms with Gasteiger partial charge in [0.15, 0.2) is 0 Å². The summed E-state index contributed by atoms with van der Waals surface area (Å²) in [5, 5.41) is 8.63. The monoisotopic (exact) mass is 367 g/mol. The molecule has 7 heteroatoms. The Bertz CT molecular complexity index is 846. The number of aromatic nitrogens is 1. The Kier molecular flexibility index (Phi) is 5.59. The van der Waals surface area contributed by atoms with Crippen LogP contribution in [0.4, 0.5) is 16.3 Å². The van der Waals surface area contributed by atoms with Crippen molar-refractivity contribution in [3.05, 3.63) is 53.2 Å². The van der Waals surface area contributed by atoms with Crippen molar-refractivity contribution in [1.29, 1.82) is 0 Å². The fraction of sp³-hybridized carbons (Fsp3) is 0.350. The Hall–Kier alpha value is -3.09. The van der Waals surface area contributed by atoms with Crippen LogP contribution in [0.5, 0.6) is 0 Å². The molecule has 1 aliphatic carbocycles. The maximum atomic E-state index is 12.3. The first-order valence-electron chi connectivity index (χ1n) is 9.01. The summed E-state index contributed by atoms with van der Waals surface area (Å²) in [5.74, 6) is 0.708. The number of aryl methyl sites for hydroxylation is 1. The van der Waals surface area contributed by atoms with E-state index >= 15 is 0 Å². The molecule has 0 aliphatic heterocycles. The second-order valence-electron chi connectivity index (χ2n) is 6.97. The first-order chi connectivity index (χ1) is 12.9. The molecule has 0 spiro atoms. The lowest BCUT2D eigenvalue weighted by atomic mass is 10.1. The average molecular weight is 367 g/mol. The highest BCUT2D eigenvalue weighted by atomic mass is 16.2. The van der Waals surface area contributed by atoms with Gasteiger partial charge in [0.2, 0.25) is 0 Å². The Morgan fingerprint density at radius 3 is 2.70 bits per heavy atom. The lowest BCUT2D eigenvalue weighted by Gasteiger charge is -2.16. The van der Waals surface area contributed by atoms with Crippen LogP contribution >= 0.6 is 0 Å². The van der Waals surface area contributed by atoms with Crippen LogP contribution in [-0.2, 0) is 6.54 Å². The molecule has 3 amide bonds. The summed E-state index contributed by atoms with van der Waals surface area (Å²) in [6.07, 6.45) is 3.79. The number of urea groups is 1. The molecular weight excluding hydrogens is 342 g/mol. The van der Waals surface area contributed by atoms with E-state index in [1.54, 1.807) is 18.3 Å². The lowest BCUT2D eigenvalue weighted by molar-refractivity contribution is 0.0951. The zero-order valence-electron chi connectivity index (χ0n) is 15.9. The number of carbonyl (C=O) groups is 2. The third-order valence-electron chi connectivity index (χ3n) is 4.39. The van der Waals surface area contributed by atoms with E-state index in [2.05, 4.69) is 20.9 Å². The van der Waals surface area contributed by atoms with E-state index in [1.165, 1.54) is 0 Å². The number of pyridine rings is 1. The molecule has 1 aromatic carbocycles. The minimum atomic E-state index is -0.327. The summed E-state index contributed by atoms with van der Waals surface area (Å²) in [4.78, 5) is 30.8. The Morgan fingerprint density at radius 1 is 1.22 bits per heavy atom. The molecule has 1 saturated carbocycles. The normalized spacial score (nSPS) is 13.0. The van der Waals surface area contributed by atoms with Crippen LogP contribution < -0.4 is 20.9 Å². The van der Waals surface area contributed by atoms with Gasteiger partial charge in [-0.15, -0.1) is 0 Å². The number of rotatable bonds is 6. The molecule has 0 bridgehead atoms. The standard InChI is InChI=1S/C20H25N5O2/c1-13-6-7-14(19(26)23-16-8-9-16)11-17(13)24-20(27)22-12-15-5-4-10-21-18(15)25(2)3/h4-7,10-11,16H,8-9,12H2,1-3H3,(H,23,26)(H2,22,24,27). The van der Waals surface area contributed by atoms with E-state index in [4.69, 9.17) is 0 Å². The van der Waals surface area contributed by atoms with E-state index in [0.29, 0.717) is 23.8 Å². The van der Waals surface area contributed by atoms with Crippen LogP contribution in [0.25, 0.3) is 0 Å². The Morgan fingerprint density at radius 2 is 2.00 bits per heavy atom. The van der Waals surface area contributed by atoms with Gasteiger partial charge in [0.05, 0.1) is 0 Å². The number of carbonyl (C=O) groups excluding carboxylic acids is 2. The predicted molar refractivity (Wildman–Crippen MR) is 106 cm³/mol. The second kappa shape index (κ2) is 8.07. The van der Waals surface area contributed by atoms with Gasteiger partial charge in [-0.25, -0.2) is 9.78 Å². The first kappa shape index (κ1) is 18.7. The van der Waals surface area contributed by atoms with Crippen molar-refractivity contribution >= 4 is 23.4 Å². The van der Waals surface area contributed by atoms with Gasteiger partial charge in [-0.2, -0.15) is 0 Å². The van der Waals surface area contributed by atoms with Crippen molar-refractivity contribution in [3.8, 4) is 0 Å². The minimum absolute atomic E-state index is 0.105. The molecule has 1 aromatic heterocycles. The van der Waals surface area contributed by atoms with Crippen LogP contribution in [0, 0.1) is 6.92 Å². The number of anilines is 2. The topological polar surface area (TPSA) is 86.4 Å². The maximum absolute atomic E-state index is 12.3. The van der Waals surface area contributed by atoms with Gasteiger partial charge in [0, 0.05) is 49.7 Å². The maximum Gasteiger partial charge on any atom is 0.319 e. The predicted octanol–water partition coefficient (Wildman–Crippen LogP) is 2.67. The number of benzene rings is 1. The van der Waals surface area contributed by atoms with Gasteiger partial charge in [-0.3, -0.25) is 4.79 Å². The summed E-state index contributed by atoms with van der Waals surface area (Å²) in [6, 6.07) is 9.06. The third kappa shape index (κ3) is 4.97. The fourth-order valence-corrected chi connectivity index (χ4v) is 2.71. The molecule has 142 valence electrons. The summed E-state index contributed by atoms with van der Waals surface area (Å²) in [6.45, 7) is 2.25. The van der Waals surface area contributed by atoms with Crippen molar-refractivity contribution < 1.29 is 9.59 Å². The highest BCUT2D eigenvalue weighted by molar-refractivity contribution is 5.97. The van der Waals surface area contributed by atoms with Crippen molar-refractivity contribution in [1.82, 2.24) is 15.6 Å². The number of hydrogen-bond acceptors (Lipinski definition) is 4. The SMILES string of the molecule is Cc1ccc(C(=O)NC2CC2)cc1NC(=O)NCc1cccnc1N(C)C. The molecule has 0 saturated heterocycles. The summed E-state index contributed by atoms with van der Waals surface area (Å²) >= 11 is 0. The fourth-order valence-electron chi connectivity index (χ4n) is 2.71. The molecule has 1 heterocycles. The van der Waals surface area contributed by atoms with Crippen LogP contribution in [-0.4, -0.2) is 37.1 Å². The Balaban J connectivity index is 1.63. The van der Waals surface area contributed by atoms with Crippen molar-refractivity contribution in [2.24, 2.45) is 0 Å². The number of hydrogen-bond donors (Lipinski definition) is 3. The van der Waals surface area contributed by atoms with Gasteiger partial charge in [0.1, 0.15) is 5.82 Å². The van der Waals surface area contributed by atoms with Crippen molar-refractivity contribution in [3.63, 3.8) is 0 Å². The molecule has 1 fully saturated rings. The van der Waals surface area contributed by atoms with Crippen LogP contribution in [0.1, 0.15) is 34.3 Å². The molecule has 27 heavy (non-hydrogen) atoms. The van der Waals surface area contributed by atoms with Gasteiger partial charge in [0.25, 0.3) is 5.91 Å². The van der Waals surface area contributed by atoms with E-state index < -0.39 is 0 Å². The van der Waals surface area contributed by atoms with E-state index in [1.807, 2.05) is 44.1 Å². The molecule has 3 N–H and O–H groups in total. The average Bonchev–Trinajstić information content (AvgIpc) is 3.46. The van der Waals surface area contributed by atoms with Gasteiger partial charge in [-0.05, 0) is 43.5 Å².